The molecule has 0 saturated carbocycles. The smallest absolute Gasteiger partial charge is 0.110 e. The van der Waals surface area contributed by atoms with E-state index in [1.165, 1.54) is 29.7 Å². The molecule has 1 aromatic heterocycles. The van der Waals surface area contributed by atoms with Gasteiger partial charge in [-0.1, -0.05) is 13.3 Å². The van der Waals surface area contributed by atoms with Crippen LogP contribution in [0, 0.1) is 11.3 Å². The molecule has 0 spiro atoms. The second-order valence-electron chi connectivity index (χ2n) is 2.53. The van der Waals surface area contributed by atoms with Crippen molar-refractivity contribution in [3.63, 3.8) is 0 Å². The fourth-order valence-corrected chi connectivity index (χ4v) is 1.68. The number of nitrogens with zero attached hydrogens (tertiary/aromatic N) is 1. The van der Waals surface area contributed by atoms with Gasteiger partial charge in [-0.25, -0.2) is 0 Å². The summed E-state index contributed by atoms with van der Waals surface area (Å²) in [5, 5.41) is 10.6. The second kappa shape index (κ2) is 4.15. The van der Waals surface area contributed by atoms with Crippen molar-refractivity contribution in [2.75, 3.05) is 0 Å². The van der Waals surface area contributed by atoms with E-state index < -0.39 is 0 Å². The molecular formula is C9H11NS. The summed E-state index contributed by atoms with van der Waals surface area (Å²) in [6, 6.07) is 4.13. The molecule has 1 nitrogen and oxygen atoms in total. The number of rotatable bonds is 3. The highest BCUT2D eigenvalue weighted by molar-refractivity contribution is 7.10. The molecule has 0 aliphatic carbocycles. The highest BCUT2D eigenvalue weighted by Gasteiger charge is 1.96. The number of hydrogen-bond donors (Lipinski definition) is 0. The van der Waals surface area contributed by atoms with Crippen molar-refractivity contribution in [3.05, 3.63) is 21.9 Å². The Morgan fingerprint density at radius 1 is 1.64 bits per heavy atom. The van der Waals surface area contributed by atoms with Gasteiger partial charge in [0.15, 0.2) is 0 Å². The maximum Gasteiger partial charge on any atom is 0.110 e. The Labute approximate surface area is 71.3 Å². The molecule has 0 N–H and O–H groups in total. The van der Waals surface area contributed by atoms with E-state index in [1.807, 2.05) is 6.07 Å². The topological polar surface area (TPSA) is 23.8 Å². The van der Waals surface area contributed by atoms with Crippen molar-refractivity contribution >= 4 is 11.3 Å². The number of hydrogen-bond acceptors (Lipinski definition) is 2. The molecule has 0 aliphatic rings. The van der Waals surface area contributed by atoms with Gasteiger partial charge in [-0.3, -0.25) is 0 Å². The Kier molecular flexibility index (Phi) is 3.13. The van der Waals surface area contributed by atoms with E-state index in [2.05, 4.69) is 18.4 Å². The van der Waals surface area contributed by atoms with Crippen LogP contribution in [-0.4, -0.2) is 0 Å². The van der Waals surface area contributed by atoms with Gasteiger partial charge in [0.05, 0.1) is 0 Å². The molecule has 58 valence electrons. The first-order valence-electron chi connectivity index (χ1n) is 3.84. The highest BCUT2D eigenvalue weighted by Crippen LogP contribution is 2.15. The molecule has 0 unspecified atom stereocenters. The van der Waals surface area contributed by atoms with Gasteiger partial charge in [0.2, 0.25) is 0 Å². The zero-order valence-electron chi connectivity index (χ0n) is 6.63. The van der Waals surface area contributed by atoms with Gasteiger partial charge in [0, 0.05) is 0 Å². The van der Waals surface area contributed by atoms with E-state index in [0.717, 1.165) is 11.3 Å². The summed E-state index contributed by atoms with van der Waals surface area (Å²) < 4.78 is 0. The fraction of sp³-hybridized carbons (Fsp3) is 0.444. The van der Waals surface area contributed by atoms with Crippen molar-refractivity contribution in [1.29, 1.82) is 5.26 Å². The normalized spacial score (nSPS) is 9.45. The average Bonchev–Trinajstić information content (AvgIpc) is 2.48. The van der Waals surface area contributed by atoms with Crippen LogP contribution in [-0.2, 0) is 6.42 Å². The summed E-state index contributed by atoms with van der Waals surface area (Å²) >= 11 is 1.54. The minimum atomic E-state index is 0.830. The molecular weight excluding hydrogens is 154 g/mol. The van der Waals surface area contributed by atoms with E-state index in [9.17, 15) is 0 Å². The molecule has 0 radical (unpaired) electrons. The van der Waals surface area contributed by atoms with Crippen molar-refractivity contribution in [3.8, 4) is 6.07 Å². The molecule has 11 heavy (non-hydrogen) atoms. The van der Waals surface area contributed by atoms with Gasteiger partial charge < -0.3 is 0 Å². The fourth-order valence-electron chi connectivity index (χ4n) is 0.946. The largest absolute Gasteiger partial charge is 0.192 e. The quantitative estimate of drug-likeness (QED) is 0.675. The minimum absolute atomic E-state index is 0.830. The average molecular weight is 165 g/mol. The highest BCUT2D eigenvalue weighted by atomic mass is 32.1. The molecule has 0 aliphatic heterocycles. The lowest BCUT2D eigenvalue weighted by atomic mass is 10.1. The first-order chi connectivity index (χ1) is 5.36. The summed E-state index contributed by atoms with van der Waals surface area (Å²) in [5.41, 5.74) is 1.31. The minimum Gasteiger partial charge on any atom is -0.192 e. The van der Waals surface area contributed by atoms with Crippen molar-refractivity contribution in [2.24, 2.45) is 0 Å². The Balaban J connectivity index is 2.53. The standard InChI is InChI=1S/C9H11NS/c1-2-3-4-8-5-9(6-10)11-7-8/h5,7H,2-4H2,1H3. The third-order valence-corrected chi connectivity index (χ3v) is 2.47. The van der Waals surface area contributed by atoms with Crippen LogP contribution >= 0.6 is 11.3 Å². The van der Waals surface area contributed by atoms with Crippen LogP contribution < -0.4 is 0 Å². The monoisotopic (exact) mass is 165 g/mol. The molecule has 0 saturated heterocycles. The molecule has 0 fully saturated rings. The van der Waals surface area contributed by atoms with Gasteiger partial charge in [-0.05, 0) is 29.9 Å². The predicted octanol–water partition coefficient (Wildman–Crippen LogP) is 2.96. The molecule has 0 bridgehead atoms. The number of aryl methyl sites for hydroxylation is 1. The Bertz CT molecular complexity index is 257. The summed E-state index contributed by atoms with van der Waals surface area (Å²) in [6.45, 7) is 2.18. The van der Waals surface area contributed by atoms with E-state index in [-0.39, 0.29) is 0 Å². The third kappa shape index (κ3) is 2.36. The van der Waals surface area contributed by atoms with Crippen LogP contribution in [0.25, 0.3) is 0 Å². The van der Waals surface area contributed by atoms with Crippen molar-refractivity contribution in [1.82, 2.24) is 0 Å². The lowest BCUT2D eigenvalue weighted by Crippen LogP contribution is -1.78. The summed E-state index contributed by atoms with van der Waals surface area (Å²) in [6.07, 6.45) is 3.56. The van der Waals surface area contributed by atoms with E-state index >= 15 is 0 Å². The summed E-state index contributed by atoms with van der Waals surface area (Å²) in [4.78, 5) is 0.830. The number of thiophene rings is 1. The molecule has 1 aromatic rings. The van der Waals surface area contributed by atoms with Crippen LogP contribution in [0.3, 0.4) is 0 Å². The van der Waals surface area contributed by atoms with Crippen LogP contribution in [0.5, 0.6) is 0 Å². The van der Waals surface area contributed by atoms with Crippen molar-refractivity contribution in [2.45, 2.75) is 26.2 Å². The van der Waals surface area contributed by atoms with Crippen LogP contribution in [0.1, 0.15) is 30.2 Å². The molecule has 1 heterocycles. The van der Waals surface area contributed by atoms with Gasteiger partial charge in [0.1, 0.15) is 10.9 Å². The Morgan fingerprint density at radius 3 is 3.00 bits per heavy atom. The summed E-state index contributed by atoms with van der Waals surface area (Å²) in [7, 11) is 0. The first-order valence-corrected chi connectivity index (χ1v) is 4.72. The zero-order chi connectivity index (χ0) is 8.10. The number of nitriles is 1. The van der Waals surface area contributed by atoms with Gasteiger partial charge in [0.25, 0.3) is 0 Å². The third-order valence-electron chi connectivity index (χ3n) is 1.58. The Hall–Kier alpha value is -0.810. The molecule has 0 atom stereocenters. The van der Waals surface area contributed by atoms with Crippen LogP contribution in [0.15, 0.2) is 11.4 Å². The van der Waals surface area contributed by atoms with E-state index in [0.29, 0.717) is 0 Å². The lowest BCUT2D eigenvalue weighted by molar-refractivity contribution is 0.797. The molecule has 2 heteroatoms. The predicted molar refractivity (Wildman–Crippen MR) is 47.6 cm³/mol. The van der Waals surface area contributed by atoms with E-state index in [4.69, 9.17) is 5.26 Å². The molecule has 1 rings (SSSR count). The first kappa shape index (κ1) is 8.29. The van der Waals surface area contributed by atoms with Gasteiger partial charge in [-0.15, -0.1) is 11.3 Å². The van der Waals surface area contributed by atoms with Crippen molar-refractivity contribution < 1.29 is 0 Å². The SMILES string of the molecule is CCCCc1csc(C#N)c1. The second-order valence-corrected chi connectivity index (χ2v) is 3.45. The van der Waals surface area contributed by atoms with Crippen LogP contribution in [0.2, 0.25) is 0 Å². The van der Waals surface area contributed by atoms with Crippen LogP contribution in [0.4, 0.5) is 0 Å². The zero-order valence-corrected chi connectivity index (χ0v) is 7.45. The van der Waals surface area contributed by atoms with Gasteiger partial charge in [-0.2, -0.15) is 5.26 Å². The molecule has 0 aromatic carbocycles. The lowest BCUT2D eigenvalue weighted by Gasteiger charge is -1.90. The summed E-state index contributed by atoms with van der Waals surface area (Å²) in [5.74, 6) is 0. The van der Waals surface area contributed by atoms with E-state index in [1.54, 1.807) is 0 Å². The Morgan fingerprint density at radius 2 is 2.45 bits per heavy atom. The molecule has 0 amide bonds. The maximum absolute atomic E-state index is 8.54. The maximum atomic E-state index is 8.54. The number of unbranched alkanes of at least 4 members (excludes halogenated alkanes) is 1. The van der Waals surface area contributed by atoms with Gasteiger partial charge >= 0.3 is 0 Å².